The zero-order valence-electron chi connectivity index (χ0n) is 17.9. The summed E-state index contributed by atoms with van der Waals surface area (Å²) in [6.45, 7) is 4.38. The monoisotopic (exact) mass is 420 g/mol. The number of carbonyl (C=O) groups excluding carboxylic acids is 1. The van der Waals surface area contributed by atoms with Crippen molar-refractivity contribution >= 4 is 11.7 Å². The molecule has 3 N–H and O–H groups in total. The molecule has 1 saturated heterocycles. The van der Waals surface area contributed by atoms with E-state index in [4.69, 9.17) is 4.74 Å². The lowest BCUT2D eigenvalue weighted by atomic mass is 10.0. The van der Waals surface area contributed by atoms with E-state index in [0.717, 1.165) is 35.8 Å². The second-order valence-electron chi connectivity index (χ2n) is 7.66. The van der Waals surface area contributed by atoms with Crippen LogP contribution in [-0.2, 0) is 0 Å². The smallest absolute Gasteiger partial charge is 0.319 e. The van der Waals surface area contributed by atoms with Crippen molar-refractivity contribution in [1.29, 1.82) is 0 Å². The highest BCUT2D eigenvalue weighted by Gasteiger charge is 2.26. The summed E-state index contributed by atoms with van der Waals surface area (Å²) in [4.78, 5) is 19.4. The number of likely N-dealkylation sites (tertiary alicyclic amines) is 1. The lowest BCUT2D eigenvalue weighted by Gasteiger charge is -2.29. The van der Waals surface area contributed by atoms with Crippen molar-refractivity contribution in [2.24, 2.45) is 0 Å². The lowest BCUT2D eigenvalue weighted by Crippen LogP contribution is -2.38. The number of ether oxygens (including phenoxy) is 1. The highest BCUT2D eigenvalue weighted by Crippen LogP contribution is 2.31. The van der Waals surface area contributed by atoms with E-state index in [2.05, 4.69) is 36.8 Å². The zero-order valence-corrected chi connectivity index (χ0v) is 17.9. The van der Waals surface area contributed by atoms with Crippen molar-refractivity contribution in [3.8, 4) is 17.1 Å². The molecule has 1 aliphatic rings. The summed E-state index contributed by atoms with van der Waals surface area (Å²) in [5.41, 5.74) is 2.62. The molecule has 0 bridgehead atoms. The number of aryl methyl sites for hydroxylation is 1. The fraction of sp³-hybridized carbons (Fsp3) is 0.348. The number of para-hydroxylation sites is 1. The van der Waals surface area contributed by atoms with Crippen LogP contribution in [0.1, 0.15) is 30.3 Å². The average Bonchev–Trinajstić information content (AvgIpc) is 3.47. The number of H-pyrrole nitrogens is 1. The third-order valence-corrected chi connectivity index (χ3v) is 5.51. The first-order chi connectivity index (χ1) is 15.1. The quantitative estimate of drug-likeness (QED) is 0.541. The average molecular weight is 421 g/mol. The van der Waals surface area contributed by atoms with E-state index in [1.807, 2.05) is 49.4 Å². The minimum atomic E-state index is -0.248. The molecule has 3 aromatic rings. The Kier molecular flexibility index (Phi) is 6.47. The van der Waals surface area contributed by atoms with Gasteiger partial charge >= 0.3 is 6.03 Å². The maximum absolute atomic E-state index is 12.7. The summed E-state index contributed by atoms with van der Waals surface area (Å²) in [5, 5.41) is 13.0. The van der Waals surface area contributed by atoms with Gasteiger partial charge in [-0.2, -0.15) is 5.10 Å². The second kappa shape index (κ2) is 9.61. The molecule has 0 aliphatic carbocycles. The summed E-state index contributed by atoms with van der Waals surface area (Å²) in [5.74, 6) is 2.19. The summed E-state index contributed by atoms with van der Waals surface area (Å²) in [6.07, 6.45) is 2.34. The molecule has 8 nitrogen and oxygen atoms in total. The van der Waals surface area contributed by atoms with Gasteiger partial charge < -0.3 is 15.4 Å². The van der Waals surface area contributed by atoms with Gasteiger partial charge in [-0.1, -0.05) is 30.3 Å². The third kappa shape index (κ3) is 5.03. The molecular formula is C23H28N6O2. The molecular weight excluding hydrogens is 392 g/mol. The first-order valence-corrected chi connectivity index (χ1v) is 10.6. The van der Waals surface area contributed by atoms with Gasteiger partial charge in [0.25, 0.3) is 0 Å². The fourth-order valence-electron chi connectivity index (χ4n) is 4.00. The molecule has 162 valence electrons. The third-order valence-electron chi connectivity index (χ3n) is 5.51. The number of methoxy groups -OCH3 is 1. The number of anilines is 1. The van der Waals surface area contributed by atoms with Crippen LogP contribution in [0.2, 0.25) is 0 Å². The van der Waals surface area contributed by atoms with Crippen molar-refractivity contribution in [2.75, 3.05) is 32.1 Å². The van der Waals surface area contributed by atoms with E-state index in [-0.39, 0.29) is 12.1 Å². The highest BCUT2D eigenvalue weighted by atomic mass is 16.5. The molecule has 1 fully saturated rings. The number of carbonyl (C=O) groups is 1. The van der Waals surface area contributed by atoms with E-state index >= 15 is 0 Å². The standard InChI is InChI=1S/C23H28N6O2/c1-16-25-22(28-27-16)17-8-7-9-18(14-17)26-23(30)24-15-20(29-12-5-6-13-29)19-10-3-4-11-21(19)31-2/h3-4,7-11,14,20H,5-6,12-13,15H2,1-2H3,(H2,24,26,30)(H,25,27,28). The lowest BCUT2D eigenvalue weighted by molar-refractivity contribution is 0.224. The second-order valence-corrected chi connectivity index (χ2v) is 7.66. The zero-order chi connectivity index (χ0) is 21.6. The first-order valence-electron chi connectivity index (χ1n) is 10.6. The highest BCUT2D eigenvalue weighted by molar-refractivity contribution is 5.90. The Balaban J connectivity index is 1.43. The number of nitrogens with one attached hydrogen (secondary N) is 3. The molecule has 0 saturated carbocycles. The van der Waals surface area contributed by atoms with Crippen molar-refractivity contribution in [2.45, 2.75) is 25.8 Å². The number of rotatable bonds is 7. The minimum absolute atomic E-state index is 0.0620. The molecule has 0 radical (unpaired) electrons. The Morgan fingerprint density at radius 1 is 1.19 bits per heavy atom. The number of amides is 2. The van der Waals surface area contributed by atoms with Crippen LogP contribution in [-0.4, -0.2) is 52.9 Å². The van der Waals surface area contributed by atoms with Gasteiger partial charge in [0, 0.05) is 23.4 Å². The topological polar surface area (TPSA) is 95.2 Å². The number of nitrogens with zero attached hydrogens (tertiary/aromatic N) is 3. The van der Waals surface area contributed by atoms with Gasteiger partial charge in [-0.05, 0) is 51.1 Å². The van der Waals surface area contributed by atoms with Gasteiger partial charge in [0.05, 0.1) is 13.2 Å². The number of aromatic amines is 1. The number of hydrogen-bond donors (Lipinski definition) is 3. The van der Waals surface area contributed by atoms with Gasteiger partial charge in [0.1, 0.15) is 11.6 Å². The molecule has 1 unspecified atom stereocenters. The van der Waals surface area contributed by atoms with Crippen LogP contribution in [0.3, 0.4) is 0 Å². The molecule has 2 aromatic carbocycles. The molecule has 1 atom stereocenters. The number of hydrogen-bond acceptors (Lipinski definition) is 5. The molecule has 8 heteroatoms. The van der Waals surface area contributed by atoms with Gasteiger partial charge in [0.15, 0.2) is 5.82 Å². The molecule has 1 aliphatic heterocycles. The van der Waals surface area contributed by atoms with Crippen LogP contribution in [0, 0.1) is 6.92 Å². The molecule has 4 rings (SSSR count). The number of benzene rings is 2. The van der Waals surface area contributed by atoms with E-state index in [0.29, 0.717) is 18.1 Å². The number of aromatic nitrogens is 3. The fourth-order valence-corrected chi connectivity index (χ4v) is 4.00. The van der Waals surface area contributed by atoms with Crippen LogP contribution in [0.15, 0.2) is 48.5 Å². The van der Waals surface area contributed by atoms with Crippen molar-refractivity contribution in [3.63, 3.8) is 0 Å². The SMILES string of the molecule is COc1ccccc1C(CNC(=O)Nc1cccc(-c2n[nH]c(C)n2)c1)N1CCCC1. The van der Waals surface area contributed by atoms with E-state index in [9.17, 15) is 4.79 Å². The van der Waals surface area contributed by atoms with E-state index < -0.39 is 0 Å². The molecule has 31 heavy (non-hydrogen) atoms. The maximum Gasteiger partial charge on any atom is 0.319 e. The minimum Gasteiger partial charge on any atom is -0.496 e. The van der Waals surface area contributed by atoms with Crippen LogP contribution >= 0.6 is 0 Å². The van der Waals surface area contributed by atoms with Gasteiger partial charge in [-0.25, -0.2) is 9.78 Å². The Labute approximate surface area is 182 Å². The summed E-state index contributed by atoms with van der Waals surface area (Å²) >= 11 is 0. The summed E-state index contributed by atoms with van der Waals surface area (Å²) in [7, 11) is 1.68. The van der Waals surface area contributed by atoms with Crippen LogP contribution in [0.25, 0.3) is 11.4 Å². The molecule has 2 heterocycles. The van der Waals surface area contributed by atoms with E-state index in [1.54, 1.807) is 7.11 Å². The Hall–Kier alpha value is -3.39. The van der Waals surface area contributed by atoms with Crippen LogP contribution in [0.4, 0.5) is 10.5 Å². The van der Waals surface area contributed by atoms with Crippen LogP contribution < -0.4 is 15.4 Å². The van der Waals surface area contributed by atoms with Crippen LogP contribution in [0.5, 0.6) is 5.75 Å². The molecule has 1 aromatic heterocycles. The normalized spacial score (nSPS) is 14.9. The van der Waals surface area contributed by atoms with E-state index in [1.165, 1.54) is 12.8 Å². The van der Waals surface area contributed by atoms with Gasteiger partial charge in [-0.3, -0.25) is 10.00 Å². The maximum atomic E-state index is 12.7. The first kappa shape index (κ1) is 20.9. The Morgan fingerprint density at radius 3 is 2.74 bits per heavy atom. The van der Waals surface area contributed by atoms with Crippen molar-refractivity contribution in [1.82, 2.24) is 25.4 Å². The molecule has 0 spiro atoms. The number of urea groups is 1. The summed E-state index contributed by atoms with van der Waals surface area (Å²) in [6, 6.07) is 15.3. The van der Waals surface area contributed by atoms with Gasteiger partial charge in [-0.15, -0.1) is 0 Å². The van der Waals surface area contributed by atoms with Crippen molar-refractivity contribution in [3.05, 3.63) is 59.9 Å². The van der Waals surface area contributed by atoms with Crippen molar-refractivity contribution < 1.29 is 9.53 Å². The largest absolute Gasteiger partial charge is 0.496 e. The van der Waals surface area contributed by atoms with Gasteiger partial charge in [0.2, 0.25) is 0 Å². The Bertz CT molecular complexity index is 1030. The summed E-state index contributed by atoms with van der Waals surface area (Å²) < 4.78 is 5.58. The predicted molar refractivity (Wildman–Crippen MR) is 120 cm³/mol. The predicted octanol–water partition coefficient (Wildman–Crippen LogP) is 3.75. The Morgan fingerprint density at radius 2 is 2.00 bits per heavy atom. The molecule has 2 amide bonds.